The van der Waals surface area contributed by atoms with Crippen LogP contribution in [0.4, 0.5) is 0 Å². The summed E-state index contributed by atoms with van der Waals surface area (Å²) in [6.45, 7) is 11.9. The van der Waals surface area contributed by atoms with Gasteiger partial charge in [0.05, 0.1) is 19.8 Å². The third-order valence-electron chi connectivity index (χ3n) is 3.98. The van der Waals surface area contributed by atoms with E-state index in [0.29, 0.717) is 5.25 Å². The lowest BCUT2D eigenvalue weighted by Gasteiger charge is -2.26. The fourth-order valence-corrected chi connectivity index (χ4v) is 3.59. The van der Waals surface area contributed by atoms with E-state index in [1.54, 1.807) is 0 Å². The van der Waals surface area contributed by atoms with Crippen LogP contribution in [0.3, 0.4) is 0 Å². The molecule has 0 amide bonds. The van der Waals surface area contributed by atoms with E-state index in [4.69, 9.17) is 9.73 Å². The number of nitrogens with zero attached hydrogens (tertiary/aromatic N) is 2. The zero-order valence-corrected chi connectivity index (χ0v) is 16.4. The van der Waals surface area contributed by atoms with Gasteiger partial charge in [-0.1, -0.05) is 25.1 Å². The van der Waals surface area contributed by atoms with Crippen molar-refractivity contribution in [3.63, 3.8) is 0 Å². The van der Waals surface area contributed by atoms with E-state index in [-0.39, 0.29) is 0 Å². The van der Waals surface area contributed by atoms with Crippen LogP contribution < -0.4 is 10.6 Å². The smallest absolute Gasteiger partial charge is 0.191 e. The number of hydrogen-bond donors (Lipinski definition) is 2. The largest absolute Gasteiger partial charge is 0.379 e. The van der Waals surface area contributed by atoms with Crippen LogP contribution in [-0.4, -0.2) is 68.6 Å². The quantitative estimate of drug-likeness (QED) is 0.305. The first-order chi connectivity index (χ1) is 12.3. The normalized spacial score (nSPS) is 17.3. The van der Waals surface area contributed by atoms with Crippen LogP contribution in [0.2, 0.25) is 0 Å². The molecule has 5 nitrogen and oxygen atoms in total. The molecule has 1 saturated heterocycles. The van der Waals surface area contributed by atoms with Gasteiger partial charge in [-0.3, -0.25) is 9.89 Å². The van der Waals surface area contributed by atoms with Crippen molar-refractivity contribution in [1.29, 1.82) is 0 Å². The van der Waals surface area contributed by atoms with Crippen molar-refractivity contribution in [1.82, 2.24) is 15.5 Å². The average Bonchev–Trinajstić information content (AvgIpc) is 2.65. The van der Waals surface area contributed by atoms with E-state index in [9.17, 15) is 0 Å². The number of benzene rings is 1. The van der Waals surface area contributed by atoms with Gasteiger partial charge in [0.15, 0.2) is 5.96 Å². The molecule has 25 heavy (non-hydrogen) atoms. The molecule has 140 valence electrons. The molecule has 2 N–H and O–H groups in total. The zero-order chi connectivity index (χ0) is 17.7. The lowest BCUT2D eigenvalue weighted by molar-refractivity contribution is 0.0376. The monoisotopic (exact) mass is 364 g/mol. The summed E-state index contributed by atoms with van der Waals surface area (Å²) in [7, 11) is 0. The molecule has 0 aliphatic carbocycles. The Bertz CT molecular complexity index is 491. The van der Waals surface area contributed by atoms with Crippen molar-refractivity contribution in [3.05, 3.63) is 30.3 Å². The van der Waals surface area contributed by atoms with Crippen LogP contribution in [-0.2, 0) is 4.74 Å². The van der Waals surface area contributed by atoms with Gasteiger partial charge in [0.25, 0.3) is 0 Å². The van der Waals surface area contributed by atoms with Gasteiger partial charge in [0.2, 0.25) is 0 Å². The van der Waals surface area contributed by atoms with Crippen molar-refractivity contribution in [2.75, 3.05) is 52.5 Å². The lowest BCUT2D eigenvalue weighted by atomic mass is 10.3. The number of guanidine groups is 1. The minimum absolute atomic E-state index is 0.450. The molecule has 1 aromatic rings. The molecule has 1 atom stereocenters. The van der Waals surface area contributed by atoms with Crippen LogP contribution in [0, 0.1) is 0 Å². The van der Waals surface area contributed by atoms with E-state index in [1.807, 2.05) is 11.8 Å². The molecule has 1 aliphatic heterocycles. The number of nitrogens with one attached hydrogen (secondary N) is 2. The molecule has 0 radical (unpaired) electrons. The predicted octanol–water partition coefficient (Wildman–Crippen LogP) is 2.44. The number of thioether (sulfide) groups is 1. The molecular formula is C19H32N4OS. The van der Waals surface area contributed by atoms with E-state index < -0.39 is 0 Å². The molecule has 1 heterocycles. The maximum Gasteiger partial charge on any atom is 0.191 e. The third-order valence-corrected chi connectivity index (χ3v) is 5.07. The molecule has 0 aromatic heterocycles. The Morgan fingerprint density at radius 1 is 1.24 bits per heavy atom. The number of aliphatic imine (C=N–C) groups is 1. The van der Waals surface area contributed by atoms with Crippen molar-refractivity contribution in [2.45, 2.75) is 30.4 Å². The fraction of sp³-hybridized carbons (Fsp3) is 0.632. The average molecular weight is 365 g/mol. The second kappa shape index (κ2) is 12.2. The molecular weight excluding hydrogens is 332 g/mol. The molecule has 0 bridgehead atoms. The highest BCUT2D eigenvalue weighted by Gasteiger charge is 2.09. The minimum atomic E-state index is 0.450. The predicted molar refractivity (Wildman–Crippen MR) is 108 cm³/mol. The first-order valence-electron chi connectivity index (χ1n) is 9.32. The van der Waals surface area contributed by atoms with Gasteiger partial charge in [-0.15, -0.1) is 11.8 Å². The molecule has 1 aliphatic rings. The number of morpholine rings is 1. The Morgan fingerprint density at radius 2 is 2.00 bits per heavy atom. The first kappa shape index (κ1) is 20.1. The molecule has 1 aromatic carbocycles. The first-order valence-corrected chi connectivity index (χ1v) is 10.2. The van der Waals surface area contributed by atoms with E-state index >= 15 is 0 Å². The summed E-state index contributed by atoms with van der Waals surface area (Å²) in [6.07, 6.45) is 1.12. The maximum atomic E-state index is 5.38. The molecule has 6 heteroatoms. The fourth-order valence-electron chi connectivity index (χ4n) is 2.66. The number of rotatable bonds is 9. The summed E-state index contributed by atoms with van der Waals surface area (Å²) in [5.74, 6) is 0.921. The lowest BCUT2D eigenvalue weighted by Crippen LogP contribution is -2.41. The van der Waals surface area contributed by atoms with Gasteiger partial charge in [0, 0.05) is 36.3 Å². The topological polar surface area (TPSA) is 48.9 Å². The summed E-state index contributed by atoms with van der Waals surface area (Å²) in [5.41, 5.74) is 0. The maximum absolute atomic E-state index is 5.38. The molecule has 1 unspecified atom stereocenters. The van der Waals surface area contributed by atoms with Gasteiger partial charge in [-0.25, -0.2) is 0 Å². The minimum Gasteiger partial charge on any atom is -0.379 e. The summed E-state index contributed by atoms with van der Waals surface area (Å²) in [4.78, 5) is 8.50. The summed E-state index contributed by atoms with van der Waals surface area (Å²) < 4.78 is 5.38. The van der Waals surface area contributed by atoms with Crippen molar-refractivity contribution in [3.8, 4) is 0 Å². The number of hydrogen-bond acceptors (Lipinski definition) is 4. The summed E-state index contributed by atoms with van der Waals surface area (Å²) in [6, 6.07) is 10.5. The van der Waals surface area contributed by atoms with Gasteiger partial charge in [-0.05, 0) is 32.0 Å². The highest BCUT2D eigenvalue weighted by atomic mass is 32.2. The Kier molecular flexibility index (Phi) is 9.77. The molecule has 1 fully saturated rings. The second-order valence-electron chi connectivity index (χ2n) is 6.20. The number of ether oxygens (including phenoxy) is 1. The van der Waals surface area contributed by atoms with Gasteiger partial charge < -0.3 is 15.4 Å². The van der Waals surface area contributed by atoms with Gasteiger partial charge >= 0.3 is 0 Å². The summed E-state index contributed by atoms with van der Waals surface area (Å²) in [5, 5.41) is 7.24. The standard InChI is InChI=1S/C19H32N4OS/c1-3-20-19(21-10-7-11-23-12-14-24-15-13-23)22-16-17(2)25-18-8-5-4-6-9-18/h4-6,8-9,17H,3,7,10-16H2,1-2H3,(H2,20,21,22). The van der Waals surface area contributed by atoms with Crippen LogP contribution in [0.25, 0.3) is 0 Å². The highest BCUT2D eigenvalue weighted by Crippen LogP contribution is 2.22. The third kappa shape index (κ3) is 8.61. The second-order valence-corrected chi connectivity index (χ2v) is 7.71. The Morgan fingerprint density at radius 3 is 2.72 bits per heavy atom. The van der Waals surface area contributed by atoms with Crippen LogP contribution in [0.5, 0.6) is 0 Å². The van der Waals surface area contributed by atoms with E-state index in [1.165, 1.54) is 4.90 Å². The Labute approximate surface area is 156 Å². The Balaban J connectivity index is 1.67. The van der Waals surface area contributed by atoms with Crippen molar-refractivity contribution < 1.29 is 4.74 Å². The van der Waals surface area contributed by atoms with Gasteiger partial charge in [-0.2, -0.15) is 0 Å². The molecule has 0 spiro atoms. The highest BCUT2D eigenvalue weighted by molar-refractivity contribution is 8.00. The van der Waals surface area contributed by atoms with E-state index in [2.05, 4.69) is 59.7 Å². The molecule has 2 rings (SSSR count). The summed E-state index contributed by atoms with van der Waals surface area (Å²) >= 11 is 1.87. The molecule has 0 saturated carbocycles. The van der Waals surface area contributed by atoms with Crippen LogP contribution >= 0.6 is 11.8 Å². The SMILES string of the molecule is CCNC(=NCC(C)Sc1ccccc1)NCCCN1CCOCC1. The zero-order valence-electron chi connectivity index (χ0n) is 15.5. The Hall–Kier alpha value is -1.24. The van der Waals surface area contributed by atoms with Crippen molar-refractivity contribution >= 4 is 17.7 Å². The van der Waals surface area contributed by atoms with Crippen LogP contribution in [0.1, 0.15) is 20.3 Å². The van der Waals surface area contributed by atoms with Gasteiger partial charge in [0.1, 0.15) is 0 Å². The van der Waals surface area contributed by atoms with Crippen molar-refractivity contribution in [2.24, 2.45) is 4.99 Å². The van der Waals surface area contributed by atoms with Crippen LogP contribution in [0.15, 0.2) is 40.2 Å². The van der Waals surface area contributed by atoms with E-state index in [0.717, 1.165) is 64.9 Å².